The number of rotatable bonds is 3. The van der Waals surface area contributed by atoms with Crippen LogP contribution >= 0.6 is 0 Å². The van der Waals surface area contributed by atoms with Crippen LogP contribution < -0.4 is 0 Å². The van der Waals surface area contributed by atoms with Crippen molar-refractivity contribution >= 4 is 11.5 Å². The summed E-state index contributed by atoms with van der Waals surface area (Å²) < 4.78 is 5.10. The SMILES string of the molecule is CCOC(=O)C1CCC=C(c2ccccc2)C1. The summed E-state index contributed by atoms with van der Waals surface area (Å²) in [5, 5.41) is 0. The van der Waals surface area contributed by atoms with Gasteiger partial charge in [-0.1, -0.05) is 36.4 Å². The van der Waals surface area contributed by atoms with E-state index >= 15 is 0 Å². The third-order valence-corrected chi connectivity index (χ3v) is 3.14. The van der Waals surface area contributed by atoms with Crippen LogP contribution in [0, 0.1) is 5.92 Å². The number of hydrogen-bond donors (Lipinski definition) is 0. The van der Waals surface area contributed by atoms with Crippen molar-refractivity contribution in [2.75, 3.05) is 6.61 Å². The van der Waals surface area contributed by atoms with Crippen LogP contribution in [0.1, 0.15) is 31.7 Å². The zero-order valence-electron chi connectivity index (χ0n) is 10.2. The van der Waals surface area contributed by atoms with E-state index in [-0.39, 0.29) is 11.9 Å². The van der Waals surface area contributed by atoms with Crippen molar-refractivity contribution in [3.8, 4) is 0 Å². The van der Waals surface area contributed by atoms with Gasteiger partial charge in [0.15, 0.2) is 0 Å². The van der Waals surface area contributed by atoms with Gasteiger partial charge in [-0.25, -0.2) is 0 Å². The molecule has 0 saturated heterocycles. The molecule has 0 N–H and O–H groups in total. The van der Waals surface area contributed by atoms with Gasteiger partial charge in [0.1, 0.15) is 0 Å². The summed E-state index contributed by atoms with van der Waals surface area (Å²) in [5.74, 6) is -0.0100. The molecular weight excluding hydrogens is 212 g/mol. The molecule has 1 atom stereocenters. The van der Waals surface area contributed by atoms with Crippen LogP contribution in [0.5, 0.6) is 0 Å². The maximum absolute atomic E-state index is 11.7. The maximum atomic E-state index is 11.7. The highest BCUT2D eigenvalue weighted by atomic mass is 16.5. The average molecular weight is 230 g/mol. The molecule has 1 aliphatic rings. The van der Waals surface area contributed by atoms with Crippen molar-refractivity contribution in [2.24, 2.45) is 5.92 Å². The zero-order valence-corrected chi connectivity index (χ0v) is 10.2. The van der Waals surface area contributed by atoms with Gasteiger partial charge in [-0.05, 0) is 37.3 Å². The Hall–Kier alpha value is -1.57. The normalized spacial score (nSPS) is 19.6. The molecule has 0 aliphatic heterocycles. The number of esters is 1. The van der Waals surface area contributed by atoms with Crippen molar-refractivity contribution in [3.63, 3.8) is 0 Å². The van der Waals surface area contributed by atoms with Gasteiger partial charge in [0, 0.05) is 0 Å². The fourth-order valence-corrected chi connectivity index (χ4v) is 2.26. The highest BCUT2D eigenvalue weighted by Crippen LogP contribution is 2.31. The minimum Gasteiger partial charge on any atom is -0.466 e. The summed E-state index contributed by atoms with van der Waals surface area (Å²) in [5.41, 5.74) is 2.50. The largest absolute Gasteiger partial charge is 0.466 e. The number of carbonyl (C=O) groups excluding carboxylic acids is 1. The topological polar surface area (TPSA) is 26.3 Å². The quantitative estimate of drug-likeness (QED) is 0.743. The van der Waals surface area contributed by atoms with Crippen LogP contribution in [0.15, 0.2) is 36.4 Å². The van der Waals surface area contributed by atoms with Crippen LogP contribution in [0.25, 0.3) is 5.57 Å². The molecule has 1 aliphatic carbocycles. The lowest BCUT2D eigenvalue weighted by atomic mass is 9.85. The predicted octanol–water partition coefficient (Wildman–Crippen LogP) is 3.43. The van der Waals surface area contributed by atoms with Gasteiger partial charge in [0.05, 0.1) is 12.5 Å². The molecule has 0 spiro atoms. The van der Waals surface area contributed by atoms with E-state index in [1.807, 2.05) is 25.1 Å². The molecule has 0 fully saturated rings. The van der Waals surface area contributed by atoms with E-state index in [4.69, 9.17) is 4.74 Å². The Morgan fingerprint density at radius 2 is 2.12 bits per heavy atom. The molecule has 17 heavy (non-hydrogen) atoms. The second kappa shape index (κ2) is 5.67. The smallest absolute Gasteiger partial charge is 0.309 e. The van der Waals surface area contributed by atoms with E-state index < -0.39 is 0 Å². The van der Waals surface area contributed by atoms with Gasteiger partial charge < -0.3 is 4.74 Å². The van der Waals surface area contributed by atoms with Gasteiger partial charge in [-0.3, -0.25) is 4.79 Å². The number of ether oxygens (including phenoxy) is 1. The van der Waals surface area contributed by atoms with Crippen LogP contribution in [-0.2, 0) is 9.53 Å². The molecule has 0 bridgehead atoms. The molecule has 2 rings (SSSR count). The number of carbonyl (C=O) groups is 1. The van der Waals surface area contributed by atoms with Crippen LogP contribution in [0.4, 0.5) is 0 Å². The maximum Gasteiger partial charge on any atom is 0.309 e. The second-order valence-electron chi connectivity index (χ2n) is 4.33. The molecule has 1 aromatic rings. The summed E-state index contributed by atoms with van der Waals surface area (Å²) in [6.45, 7) is 2.33. The second-order valence-corrected chi connectivity index (χ2v) is 4.33. The third-order valence-electron chi connectivity index (χ3n) is 3.14. The number of hydrogen-bond acceptors (Lipinski definition) is 2. The molecule has 0 amide bonds. The fraction of sp³-hybridized carbons (Fsp3) is 0.400. The molecular formula is C15H18O2. The molecule has 0 heterocycles. The van der Waals surface area contributed by atoms with E-state index in [1.54, 1.807) is 0 Å². The number of benzene rings is 1. The van der Waals surface area contributed by atoms with Gasteiger partial charge >= 0.3 is 5.97 Å². The summed E-state index contributed by atoms with van der Waals surface area (Å²) in [7, 11) is 0. The molecule has 0 aromatic heterocycles. The fourth-order valence-electron chi connectivity index (χ4n) is 2.26. The van der Waals surface area contributed by atoms with Crippen molar-refractivity contribution < 1.29 is 9.53 Å². The monoisotopic (exact) mass is 230 g/mol. The Labute approximate surface area is 102 Å². The highest BCUT2D eigenvalue weighted by Gasteiger charge is 2.24. The van der Waals surface area contributed by atoms with Gasteiger partial charge in [-0.2, -0.15) is 0 Å². The van der Waals surface area contributed by atoms with Crippen molar-refractivity contribution in [3.05, 3.63) is 42.0 Å². The van der Waals surface area contributed by atoms with Crippen LogP contribution in [0.3, 0.4) is 0 Å². The first-order valence-corrected chi connectivity index (χ1v) is 6.22. The zero-order chi connectivity index (χ0) is 12.1. The predicted molar refractivity (Wildman–Crippen MR) is 68.4 cm³/mol. The van der Waals surface area contributed by atoms with E-state index in [1.165, 1.54) is 11.1 Å². The van der Waals surface area contributed by atoms with E-state index in [9.17, 15) is 4.79 Å². The van der Waals surface area contributed by atoms with Gasteiger partial charge in [0.2, 0.25) is 0 Å². The Morgan fingerprint density at radius 3 is 2.82 bits per heavy atom. The highest BCUT2D eigenvalue weighted by molar-refractivity contribution is 5.77. The van der Waals surface area contributed by atoms with Crippen molar-refractivity contribution in [2.45, 2.75) is 26.2 Å². The minimum absolute atomic E-state index is 0.0372. The lowest BCUT2D eigenvalue weighted by Crippen LogP contribution is -2.20. The molecule has 2 nitrogen and oxygen atoms in total. The molecule has 90 valence electrons. The summed E-state index contributed by atoms with van der Waals surface area (Å²) in [4.78, 5) is 11.7. The summed E-state index contributed by atoms with van der Waals surface area (Å²) >= 11 is 0. The molecule has 0 radical (unpaired) electrons. The third kappa shape index (κ3) is 2.96. The molecule has 1 unspecified atom stereocenters. The van der Waals surface area contributed by atoms with Crippen LogP contribution in [0.2, 0.25) is 0 Å². The lowest BCUT2D eigenvalue weighted by Gasteiger charge is -2.21. The Kier molecular flexibility index (Phi) is 3.97. The summed E-state index contributed by atoms with van der Waals surface area (Å²) in [6.07, 6.45) is 4.93. The Bertz CT molecular complexity index is 406. The standard InChI is InChI=1S/C15H18O2/c1-2-17-15(16)14-10-6-9-13(11-14)12-7-4-3-5-8-12/h3-5,7-9,14H,2,6,10-11H2,1H3. The van der Waals surface area contributed by atoms with Crippen LogP contribution in [-0.4, -0.2) is 12.6 Å². The Morgan fingerprint density at radius 1 is 1.35 bits per heavy atom. The molecule has 1 aromatic carbocycles. The van der Waals surface area contributed by atoms with Gasteiger partial charge in [0.25, 0.3) is 0 Å². The lowest BCUT2D eigenvalue weighted by molar-refractivity contribution is -0.148. The van der Waals surface area contributed by atoms with Gasteiger partial charge in [-0.15, -0.1) is 0 Å². The summed E-state index contributed by atoms with van der Waals surface area (Å²) in [6, 6.07) is 10.3. The first-order chi connectivity index (χ1) is 8.31. The van der Waals surface area contributed by atoms with E-state index in [0.717, 1.165) is 19.3 Å². The molecule has 0 saturated carbocycles. The number of allylic oxidation sites excluding steroid dienone is 2. The first-order valence-electron chi connectivity index (χ1n) is 6.22. The van der Waals surface area contributed by atoms with E-state index in [0.29, 0.717) is 6.61 Å². The van der Waals surface area contributed by atoms with E-state index in [2.05, 4.69) is 18.2 Å². The Balaban J connectivity index is 2.07. The van der Waals surface area contributed by atoms with Crippen molar-refractivity contribution in [1.29, 1.82) is 0 Å². The minimum atomic E-state index is -0.0472. The first kappa shape index (κ1) is 11.9. The average Bonchev–Trinajstić information content (AvgIpc) is 2.40. The van der Waals surface area contributed by atoms with Crippen molar-refractivity contribution in [1.82, 2.24) is 0 Å². The molecule has 2 heteroatoms.